The molecule has 0 aromatic carbocycles. The maximum absolute atomic E-state index is 11.1. The smallest absolute Gasteiger partial charge is 0.194 e. The van der Waals surface area contributed by atoms with E-state index in [4.69, 9.17) is 4.74 Å². The minimum atomic E-state index is -3.18. The Balaban J connectivity index is 2.47. The van der Waals surface area contributed by atoms with Crippen molar-refractivity contribution in [2.75, 3.05) is 12.9 Å². The monoisotopic (exact) mass is 202 g/mol. The van der Waals surface area contributed by atoms with Gasteiger partial charge in [0.1, 0.15) is 0 Å². The summed E-state index contributed by atoms with van der Waals surface area (Å²) in [7, 11) is -3.18. The number of sulfone groups is 1. The van der Waals surface area contributed by atoms with E-state index in [9.17, 15) is 8.42 Å². The van der Waals surface area contributed by atoms with Crippen LogP contribution in [-0.4, -0.2) is 31.1 Å². The molecule has 1 aromatic heterocycles. The summed E-state index contributed by atoms with van der Waals surface area (Å²) in [6, 6.07) is 1.56. The lowest BCUT2D eigenvalue weighted by atomic mass is 10.4. The van der Waals surface area contributed by atoms with Crippen LogP contribution in [0.1, 0.15) is 5.69 Å². The van der Waals surface area contributed by atoms with Crippen LogP contribution in [0.15, 0.2) is 11.1 Å². The zero-order chi connectivity index (χ0) is 9.47. The van der Waals surface area contributed by atoms with Crippen molar-refractivity contribution in [1.29, 1.82) is 0 Å². The Kier molecular flexibility index (Phi) is 1.88. The van der Waals surface area contributed by atoms with Gasteiger partial charge in [-0.3, -0.25) is 4.68 Å². The van der Waals surface area contributed by atoms with E-state index < -0.39 is 9.84 Å². The Bertz CT molecular complexity index is 397. The average Bonchev–Trinajstić information content (AvgIpc) is 2.45. The number of rotatable bonds is 1. The molecule has 6 heteroatoms. The van der Waals surface area contributed by atoms with E-state index in [2.05, 4.69) is 5.10 Å². The molecule has 13 heavy (non-hydrogen) atoms. The fraction of sp³-hybridized carbons (Fsp3) is 0.571. The van der Waals surface area contributed by atoms with E-state index >= 15 is 0 Å². The molecule has 1 aromatic rings. The van der Waals surface area contributed by atoms with Crippen molar-refractivity contribution in [1.82, 2.24) is 9.78 Å². The topological polar surface area (TPSA) is 61.2 Å². The van der Waals surface area contributed by atoms with Crippen LogP contribution >= 0.6 is 0 Å². The van der Waals surface area contributed by atoms with E-state index in [1.807, 2.05) is 0 Å². The van der Waals surface area contributed by atoms with Gasteiger partial charge in [-0.05, 0) is 0 Å². The molecule has 0 unspecified atom stereocenters. The zero-order valence-electron chi connectivity index (χ0n) is 7.23. The van der Waals surface area contributed by atoms with E-state index in [0.29, 0.717) is 19.8 Å². The Morgan fingerprint density at radius 1 is 1.62 bits per heavy atom. The van der Waals surface area contributed by atoms with Crippen LogP contribution in [0.4, 0.5) is 0 Å². The summed E-state index contributed by atoms with van der Waals surface area (Å²) in [4.78, 5) is 0. The van der Waals surface area contributed by atoms with Crippen LogP contribution in [0.25, 0.3) is 0 Å². The van der Waals surface area contributed by atoms with Crippen molar-refractivity contribution in [3.05, 3.63) is 11.8 Å². The molecular formula is C7H10N2O3S. The van der Waals surface area contributed by atoms with Gasteiger partial charge < -0.3 is 4.74 Å². The SMILES string of the molecule is CS(=O)(=O)c1cc2n(n1)CCOC2. The molecular weight excluding hydrogens is 192 g/mol. The summed E-state index contributed by atoms with van der Waals surface area (Å²) in [5, 5.41) is 4.10. The number of fused-ring (bicyclic) bond motifs is 1. The third kappa shape index (κ3) is 1.59. The van der Waals surface area contributed by atoms with E-state index in [-0.39, 0.29) is 5.03 Å². The first-order valence-electron chi connectivity index (χ1n) is 3.92. The maximum atomic E-state index is 11.1. The molecule has 0 amide bonds. The van der Waals surface area contributed by atoms with Crippen LogP contribution in [-0.2, 0) is 27.7 Å². The molecule has 72 valence electrons. The first kappa shape index (κ1) is 8.71. The number of ether oxygens (including phenoxy) is 1. The van der Waals surface area contributed by atoms with E-state index in [1.54, 1.807) is 10.7 Å². The molecule has 2 heterocycles. The molecule has 1 aliphatic rings. The van der Waals surface area contributed by atoms with Gasteiger partial charge >= 0.3 is 0 Å². The van der Waals surface area contributed by atoms with Gasteiger partial charge in [0.15, 0.2) is 14.9 Å². The summed E-state index contributed by atoms with van der Waals surface area (Å²) in [5.74, 6) is 0. The highest BCUT2D eigenvalue weighted by atomic mass is 32.2. The van der Waals surface area contributed by atoms with Crippen molar-refractivity contribution < 1.29 is 13.2 Å². The van der Waals surface area contributed by atoms with E-state index in [1.165, 1.54) is 0 Å². The summed E-state index contributed by atoms with van der Waals surface area (Å²) < 4.78 is 29.1. The summed E-state index contributed by atoms with van der Waals surface area (Å²) in [5.41, 5.74) is 0.826. The second kappa shape index (κ2) is 2.81. The van der Waals surface area contributed by atoms with Crippen LogP contribution < -0.4 is 0 Å². The summed E-state index contributed by atoms with van der Waals surface area (Å²) >= 11 is 0. The highest BCUT2D eigenvalue weighted by molar-refractivity contribution is 7.90. The molecule has 0 radical (unpaired) electrons. The molecule has 0 aliphatic carbocycles. The Morgan fingerprint density at radius 3 is 3.00 bits per heavy atom. The first-order valence-corrected chi connectivity index (χ1v) is 5.81. The lowest BCUT2D eigenvalue weighted by molar-refractivity contribution is 0.0799. The number of nitrogens with zero attached hydrogens (tertiary/aromatic N) is 2. The van der Waals surface area contributed by atoms with Gasteiger partial charge in [-0.1, -0.05) is 0 Å². The van der Waals surface area contributed by atoms with Gasteiger partial charge in [-0.2, -0.15) is 5.10 Å². The second-order valence-electron chi connectivity index (χ2n) is 3.02. The molecule has 0 atom stereocenters. The van der Waals surface area contributed by atoms with Gasteiger partial charge in [0.05, 0.1) is 25.5 Å². The Morgan fingerprint density at radius 2 is 2.38 bits per heavy atom. The lowest BCUT2D eigenvalue weighted by Crippen LogP contribution is -2.17. The summed E-state index contributed by atoms with van der Waals surface area (Å²) in [6.45, 7) is 1.67. The predicted octanol–water partition coefficient (Wildman–Crippen LogP) is -0.183. The molecule has 2 rings (SSSR count). The molecule has 0 bridgehead atoms. The van der Waals surface area contributed by atoms with Gasteiger partial charge in [-0.15, -0.1) is 0 Å². The fourth-order valence-corrected chi connectivity index (χ4v) is 1.84. The number of aromatic nitrogens is 2. The largest absolute Gasteiger partial charge is 0.373 e. The van der Waals surface area contributed by atoms with Gasteiger partial charge in [-0.25, -0.2) is 8.42 Å². The fourth-order valence-electron chi connectivity index (χ4n) is 1.25. The quantitative estimate of drug-likeness (QED) is 0.633. The molecule has 0 saturated heterocycles. The van der Waals surface area contributed by atoms with Crippen LogP contribution in [0, 0.1) is 0 Å². The Labute approximate surface area is 76.2 Å². The molecule has 1 aliphatic heterocycles. The van der Waals surface area contributed by atoms with Crippen molar-refractivity contribution in [2.45, 2.75) is 18.2 Å². The number of hydrogen-bond acceptors (Lipinski definition) is 4. The van der Waals surface area contributed by atoms with Crippen LogP contribution in [0.5, 0.6) is 0 Å². The molecule has 0 saturated carbocycles. The minimum Gasteiger partial charge on any atom is -0.373 e. The highest BCUT2D eigenvalue weighted by Crippen LogP contribution is 2.14. The van der Waals surface area contributed by atoms with Crippen LogP contribution in [0.2, 0.25) is 0 Å². The summed E-state index contributed by atoms with van der Waals surface area (Å²) in [6.07, 6.45) is 1.15. The zero-order valence-corrected chi connectivity index (χ0v) is 8.04. The van der Waals surface area contributed by atoms with Crippen molar-refractivity contribution >= 4 is 9.84 Å². The van der Waals surface area contributed by atoms with Crippen molar-refractivity contribution in [2.24, 2.45) is 0 Å². The first-order chi connectivity index (χ1) is 6.07. The molecule has 5 nitrogen and oxygen atoms in total. The molecule has 0 spiro atoms. The highest BCUT2D eigenvalue weighted by Gasteiger charge is 2.17. The maximum Gasteiger partial charge on any atom is 0.194 e. The van der Waals surface area contributed by atoms with E-state index in [0.717, 1.165) is 11.9 Å². The third-order valence-electron chi connectivity index (χ3n) is 1.92. The van der Waals surface area contributed by atoms with Gasteiger partial charge in [0, 0.05) is 12.3 Å². The number of hydrogen-bond donors (Lipinski definition) is 0. The minimum absolute atomic E-state index is 0.132. The van der Waals surface area contributed by atoms with Crippen molar-refractivity contribution in [3.8, 4) is 0 Å². The predicted molar refractivity (Wildman–Crippen MR) is 45.0 cm³/mol. The Hall–Kier alpha value is -0.880. The van der Waals surface area contributed by atoms with Crippen LogP contribution in [0.3, 0.4) is 0 Å². The normalized spacial score (nSPS) is 17.0. The van der Waals surface area contributed by atoms with Gasteiger partial charge in [0.25, 0.3) is 0 Å². The average molecular weight is 202 g/mol. The molecule has 0 fully saturated rings. The van der Waals surface area contributed by atoms with Crippen molar-refractivity contribution in [3.63, 3.8) is 0 Å². The lowest BCUT2D eigenvalue weighted by Gasteiger charge is -2.12. The standard InChI is InChI=1S/C7H10N2O3S/c1-13(10,11)7-4-6-5-12-3-2-9(6)8-7/h4H,2-3,5H2,1H3. The third-order valence-corrected chi connectivity index (χ3v) is 2.88. The molecule has 0 N–H and O–H groups in total. The van der Waals surface area contributed by atoms with Gasteiger partial charge in [0.2, 0.25) is 0 Å². The second-order valence-corrected chi connectivity index (χ2v) is 4.98.